The van der Waals surface area contributed by atoms with Gasteiger partial charge in [-0.2, -0.15) is 0 Å². The molecule has 0 unspecified atom stereocenters. The molecule has 1 N–H and O–H groups in total. The summed E-state index contributed by atoms with van der Waals surface area (Å²) in [5.74, 6) is 3.42. The Morgan fingerprint density at radius 3 is 1.44 bits per heavy atom. The number of nitrogens with one attached hydrogen (secondary N) is 1. The van der Waals surface area contributed by atoms with Crippen LogP contribution in [0.1, 0.15) is 28.3 Å². The summed E-state index contributed by atoms with van der Waals surface area (Å²) in [5.41, 5.74) is 14.0. The molecule has 0 amide bonds. The van der Waals surface area contributed by atoms with Crippen molar-refractivity contribution in [1.29, 1.82) is 0 Å². The zero-order valence-corrected chi connectivity index (χ0v) is 34.2. The Morgan fingerprint density at radius 1 is 0.387 bits per heavy atom. The number of amidine groups is 2. The summed E-state index contributed by atoms with van der Waals surface area (Å²) >= 11 is 0. The fourth-order valence-corrected chi connectivity index (χ4v) is 7.90. The predicted octanol–water partition coefficient (Wildman–Crippen LogP) is 12.7. The predicted molar refractivity (Wildman–Crippen MR) is 254 cm³/mol. The third-order valence-corrected chi connectivity index (χ3v) is 11.2. The molecule has 1 aliphatic rings. The van der Waals surface area contributed by atoms with Gasteiger partial charge in [0.1, 0.15) is 5.84 Å². The van der Waals surface area contributed by atoms with Gasteiger partial charge in [-0.25, -0.2) is 19.9 Å². The standard InChI is InChI=1S/C56H42N6/c1-38-28-29-48(51-37-57-52(41-18-8-3-9-19-41)59-53(58-51)44-32-30-40(31-33-44)39-16-6-2-7-17-39)36-50(38)47-26-14-24-45(34-47)46-25-15-27-49(35-46)56-61-54(42-20-10-4-11-21-42)60-55(62-56)43-22-12-5-13-23-43/h2-36,51H,37H2,1H3,(H,57,58,59)/t51-/m1/s1. The Hall–Kier alpha value is -8.09. The van der Waals surface area contributed by atoms with Gasteiger partial charge in [-0.1, -0.05) is 194 Å². The molecule has 9 aromatic rings. The van der Waals surface area contributed by atoms with Crippen molar-refractivity contribution in [3.63, 3.8) is 0 Å². The van der Waals surface area contributed by atoms with Crippen LogP contribution >= 0.6 is 0 Å². The molecule has 6 heteroatoms. The van der Waals surface area contributed by atoms with Crippen LogP contribution in [-0.4, -0.2) is 33.2 Å². The van der Waals surface area contributed by atoms with Crippen LogP contribution in [0.3, 0.4) is 0 Å². The molecule has 2 heterocycles. The largest absolute Gasteiger partial charge is 0.361 e. The summed E-state index contributed by atoms with van der Waals surface area (Å²) < 4.78 is 0. The monoisotopic (exact) mass is 798 g/mol. The number of hydrogen-bond acceptors (Lipinski definition) is 6. The molecule has 0 saturated heterocycles. The number of aromatic nitrogens is 3. The summed E-state index contributed by atoms with van der Waals surface area (Å²) in [6.07, 6.45) is 0. The smallest absolute Gasteiger partial charge is 0.164 e. The highest BCUT2D eigenvalue weighted by Crippen LogP contribution is 2.33. The lowest BCUT2D eigenvalue weighted by Crippen LogP contribution is -2.30. The highest BCUT2D eigenvalue weighted by molar-refractivity contribution is 6.12. The van der Waals surface area contributed by atoms with Gasteiger partial charge in [-0.05, 0) is 69.6 Å². The fraction of sp³-hybridized carbons (Fsp3) is 0.0536. The van der Waals surface area contributed by atoms with Crippen molar-refractivity contribution in [3.05, 3.63) is 235 Å². The van der Waals surface area contributed by atoms with Crippen molar-refractivity contribution in [1.82, 2.24) is 20.3 Å². The van der Waals surface area contributed by atoms with Crippen LogP contribution in [0, 0.1) is 6.92 Å². The molecule has 0 fully saturated rings. The normalized spacial score (nSPS) is 13.7. The van der Waals surface area contributed by atoms with E-state index in [-0.39, 0.29) is 6.04 Å². The SMILES string of the molecule is Cc1ccc([C@H]2CN=C(c3ccccc3)N=C(c3ccc(-c4ccccc4)cc3)N2)cc1-c1cccc(-c2cccc(-c3nc(-c4ccccc4)nc(-c4ccccc4)n3)c2)c1. The van der Waals surface area contributed by atoms with Crippen molar-refractivity contribution in [3.8, 4) is 67.5 Å². The lowest BCUT2D eigenvalue weighted by Gasteiger charge is -2.20. The maximum absolute atomic E-state index is 5.15. The molecule has 296 valence electrons. The average molecular weight is 799 g/mol. The molecule has 1 atom stereocenters. The third kappa shape index (κ3) is 8.22. The second-order valence-corrected chi connectivity index (χ2v) is 15.4. The first-order valence-corrected chi connectivity index (χ1v) is 20.9. The second-order valence-electron chi connectivity index (χ2n) is 15.4. The van der Waals surface area contributed by atoms with E-state index in [4.69, 9.17) is 24.9 Å². The van der Waals surface area contributed by atoms with Gasteiger partial charge in [0, 0.05) is 27.8 Å². The third-order valence-electron chi connectivity index (χ3n) is 11.2. The van der Waals surface area contributed by atoms with E-state index in [2.05, 4.69) is 140 Å². The lowest BCUT2D eigenvalue weighted by atomic mass is 9.93. The van der Waals surface area contributed by atoms with Crippen molar-refractivity contribution >= 4 is 11.7 Å². The van der Waals surface area contributed by atoms with Gasteiger partial charge in [0.25, 0.3) is 0 Å². The van der Waals surface area contributed by atoms with Gasteiger partial charge in [-0.15, -0.1) is 0 Å². The topological polar surface area (TPSA) is 75.4 Å². The zero-order valence-electron chi connectivity index (χ0n) is 34.2. The number of rotatable bonds is 9. The van der Waals surface area contributed by atoms with E-state index < -0.39 is 0 Å². The first-order valence-electron chi connectivity index (χ1n) is 20.9. The van der Waals surface area contributed by atoms with E-state index in [0.29, 0.717) is 24.0 Å². The molecule has 0 bridgehead atoms. The van der Waals surface area contributed by atoms with Gasteiger partial charge < -0.3 is 5.32 Å². The first kappa shape index (κ1) is 38.1. The molecule has 1 aliphatic heterocycles. The molecule has 0 saturated carbocycles. The van der Waals surface area contributed by atoms with Gasteiger partial charge in [0.05, 0.1) is 12.6 Å². The molecule has 62 heavy (non-hydrogen) atoms. The summed E-state index contributed by atoms with van der Waals surface area (Å²) in [6.45, 7) is 2.71. The van der Waals surface area contributed by atoms with Crippen LogP contribution < -0.4 is 5.32 Å². The van der Waals surface area contributed by atoms with Crippen LogP contribution in [0.4, 0.5) is 0 Å². The van der Waals surface area contributed by atoms with E-state index in [9.17, 15) is 0 Å². The van der Waals surface area contributed by atoms with Crippen molar-refractivity contribution in [2.24, 2.45) is 9.98 Å². The quantitative estimate of drug-likeness (QED) is 0.158. The average Bonchev–Trinajstić information content (AvgIpc) is 3.59. The Morgan fingerprint density at radius 2 is 0.839 bits per heavy atom. The lowest BCUT2D eigenvalue weighted by molar-refractivity contribution is 0.666. The minimum atomic E-state index is -0.107. The van der Waals surface area contributed by atoms with Gasteiger partial charge in [0.15, 0.2) is 23.3 Å². The summed E-state index contributed by atoms with van der Waals surface area (Å²) in [5, 5.41) is 3.81. The molecular weight excluding hydrogens is 757 g/mol. The zero-order chi connectivity index (χ0) is 41.7. The molecule has 1 aromatic heterocycles. The Bertz CT molecular complexity index is 3000. The number of aryl methyl sites for hydroxylation is 1. The highest BCUT2D eigenvalue weighted by atomic mass is 15.1. The van der Waals surface area contributed by atoms with Gasteiger partial charge >= 0.3 is 0 Å². The second kappa shape index (κ2) is 17.3. The maximum atomic E-state index is 5.15. The Balaban J connectivity index is 0.975. The molecular formula is C56H42N6. The Labute approximate surface area is 362 Å². The van der Waals surface area contributed by atoms with Gasteiger partial charge in [-0.3, -0.25) is 4.99 Å². The van der Waals surface area contributed by atoms with Crippen LogP contribution in [0.2, 0.25) is 0 Å². The fourth-order valence-electron chi connectivity index (χ4n) is 7.90. The van der Waals surface area contributed by atoms with E-state index in [1.54, 1.807) is 0 Å². The van der Waals surface area contributed by atoms with E-state index >= 15 is 0 Å². The molecule has 8 aromatic carbocycles. The summed E-state index contributed by atoms with van der Waals surface area (Å²) in [7, 11) is 0. The van der Waals surface area contributed by atoms with E-state index in [0.717, 1.165) is 67.3 Å². The number of aliphatic imine (C=N–C) groups is 2. The molecule has 10 rings (SSSR count). The van der Waals surface area contributed by atoms with Crippen LogP contribution in [0.15, 0.2) is 222 Å². The van der Waals surface area contributed by atoms with Crippen molar-refractivity contribution in [2.75, 3.05) is 6.54 Å². The molecule has 0 spiro atoms. The summed E-state index contributed by atoms with van der Waals surface area (Å²) in [4.78, 5) is 25.1. The van der Waals surface area contributed by atoms with Crippen molar-refractivity contribution in [2.45, 2.75) is 13.0 Å². The Kier molecular flexibility index (Phi) is 10.6. The number of benzene rings is 8. The molecule has 0 aliphatic carbocycles. The number of hydrogen-bond donors (Lipinski definition) is 1. The van der Waals surface area contributed by atoms with Gasteiger partial charge in [0.2, 0.25) is 0 Å². The van der Waals surface area contributed by atoms with Crippen LogP contribution in [0.25, 0.3) is 67.5 Å². The van der Waals surface area contributed by atoms with E-state index in [1.165, 1.54) is 16.7 Å². The van der Waals surface area contributed by atoms with E-state index in [1.807, 2.05) is 84.9 Å². The number of nitrogens with zero attached hydrogens (tertiary/aromatic N) is 5. The minimum Gasteiger partial charge on any atom is -0.361 e. The van der Waals surface area contributed by atoms with Crippen LogP contribution in [0.5, 0.6) is 0 Å². The maximum Gasteiger partial charge on any atom is 0.164 e. The highest BCUT2D eigenvalue weighted by Gasteiger charge is 2.21. The van der Waals surface area contributed by atoms with Crippen molar-refractivity contribution < 1.29 is 0 Å². The summed E-state index contributed by atoms with van der Waals surface area (Å²) in [6, 6.07) is 73.3. The minimum absolute atomic E-state index is 0.107. The van der Waals surface area contributed by atoms with Crippen LogP contribution in [-0.2, 0) is 0 Å². The molecule has 6 nitrogen and oxygen atoms in total. The first-order chi connectivity index (χ1) is 30.6. The molecule has 0 radical (unpaired) electrons.